The fourth-order valence-electron chi connectivity index (χ4n) is 0.358. The van der Waals surface area contributed by atoms with Crippen LogP contribution in [0, 0.1) is 0 Å². The molecular formula is C6H6BrClN2O. The van der Waals surface area contributed by atoms with E-state index in [1.807, 2.05) is 6.07 Å². The van der Waals surface area contributed by atoms with E-state index in [0.717, 1.165) is 4.47 Å². The van der Waals surface area contributed by atoms with Crippen LogP contribution in [-0.4, -0.2) is 11.4 Å². The van der Waals surface area contributed by atoms with Crippen molar-refractivity contribution in [3.8, 4) is 0 Å². The first-order chi connectivity index (χ1) is 5.20. The Labute approximate surface area is 77.7 Å². The standard InChI is InChI=1S/C5H3BrClN.CH3NO/c6-4-1-2-5(7)8-3-4;2-1-3/h1-3H;1H,(H2,2,3). The van der Waals surface area contributed by atoms with Gasteiger partial charge in [0, 0.05) is 10.7 Å². The third-order valence-electron chi connectivity index (χ3n) is 0.691. The zero-order valence-electron chi connectivity index (χ0n) is 5.50. The van der Waals surface area contributed by atoms with E-state index in [-0.39, 0.29) is 6.41 Å². The third-order valence-corrected chi connectivity index (χ3v) is 1.38. The van der Waals surface area contributed by atoms with Crippen LogP contribution in [-0.2, 0) is 4.79 Å². The number of nitrogens with zero attached hydrogens (tertiary/aromatic N) is 1. The third kappa shape index (κ3) is 5.82. The number of hydrogen-bond donors (Lipinski definition) is 1. The lowest BCUT2D eigenvalue weighted by Gasteiger charge is -1.85. The molecule has 0 unspecified atom stereocenters. The second-order valence-electron chi connectivity index (χ2n) is 1.44. The van der Waals surface area contributed by atoms with Gasteiger partial charge >= 0.3 is 0 Å². The molecule has 5 heteroatoms. The Morgan fingerprint density at radius 3 is 2.45 bits per heavy atom. The van der Waals surface area contributed by atoms with Crippen molar-refractivity contribution < 1.29 is 4.79 Å². The quantitative estimate of drug-likeness (QED) is 0.550. The van der Waals surface area contributed by atoms with E-state index in [4.69, 9.17) is 16.4 Å². The topological polar surface area (TPSA) is 56.0 Å². The summed E-state index contributed by atoms with van der Waals surface area (Å²) >= 11 is 8.70. The summed E-state index contributed by atoms with van der Waals surface area (Å²) in [6.45, 7) is 0. The number of amides is 1. The Hall–Kier alpha value is -0.610. The molecule has 0 aliphatic rings. The van der Waals surface area contributed by atoms with Gasteiger partial charge in [0.2, 0.25) is 6.41 Å². The molecule has 1 aromatic rings. The normalized spacial score (nSPS) is 7.82. The zero-order chi connectivity index (χ0) is 8.69. The van der Waals surface area contributed by atoms with Gasteiger partial charge in [-0.25, -0.2) is 4.98 Å². The fourth-order valence-corrected chi connectivity index (χ4v) is 0.704. The number of pyridine rings is 1. The molecule has 0 spiro atoms. The molecule has 3 nitrogen and oxygen atoms in total. The van der Waals surface area contributed by atoms with Gasteiger partial charge < -0.3 is 5.73 Å². The van der Waals surface area contributed by atoms with E-state index >= 15 is 0 Å². The summed E-state index contributed by atoms with van der Waals surface area (Å²) in [7, 11) is 0. The van der Waals surface area contributed by atoms with Gasteiger partial charge in [0.15, 0.2) is 0 Å². The van der Waals surface area contributed by atoms with Crippen molar-refractivity contribution in [2.24, 2.45) is 5.73 Å². The first-order valence-corrected chi connectivity index (χ1v) is 3.80. The number of halogens is 2. The number of aromatic nitrogens is 1. The van der Waals surface area contributed by atoms with Gasteiger partial charge in [-0.15, -0.1) is 0 Å². The van der Waals surface area contributed by atoms with Crippen LogP contribution >= 0.6 is 27.5 Å². The summed E-state index contributed by atoms with van der Waals surface area (Å²) in [4.78, 5) is 12.4. The number of carbonyl (C=O) groups is 1. The molecular weight excluding hydrogens is 231 g/mol. The minimum atomic E-state index is 0.250. The van der Waals surface area contributed by atoms with Gasteiger partial charge in [0.25, 0.3) is 0 Å². The zero-order valence-corrected chi connectivity index (χ0v) is 7.84. The van der Waals surface area contributed by atoms with Crippen LogP contribution in [0.25, 0.3) is 0 Å². The average Bonchev–Trinajstić information content (AvgIpc) is 1.97. The van der Waals surface area contributed by atoms with Crippen LogP contribution in [0.3, 0.4) is 0 Å². The molecule has 0 bridgehead atoms. The molecule has 1 aromatic heterocycles. The van der Waals surface area contributed by atoms with E-state index in [2.05, 4.69) is 26.6 Å². The molecule has 1 rings (SSSR count). The fraction of sp³-hybridized carbons (Fsp3) is 0. The van der Waals surface area contributed by atoms with Crippen LogP contribution < -0.4 is 5.73 Å². The first-order valence-electron chi connectivity index (χ1n) is 2.63. The summed E-state index contributed by atoms with van der Waals surface area (Å²) in [6.07, 6.45) is 1.91. The summed E-state index contributed by atoms with van der Waals surface area (Å²) in [5.41, 5.74) is 4.17. The molecule has 60 valence electrons. The SMILES string of the molecule is Clc1ccc(Br)cn1.NC=O. The van der Waals surface area contributed by atoms with Crippen molar-refractivity contribution in [3.05, 3.63) is 28.0 Å². The van der Waals surface area contributed by atoms with E-state index in [1.165, 1.54) is 0 Å². The summed E-state index contributed by atoms with van der Waals surface area (Å²) in [5.74, 6) is 0. The molecule has 11 heavy (non-hydrogen) atoms. The largest absolute Gasteiger partial charge is 0.372 e. The van der Waals surface area contributed by atoms with Gasteiger partial charge in [0.05, 0.1) is 0 Å². The maximum atomic E-state index is 8.58. The van der Waals surface area contributed by atoms with E-state index in [9.17, 15) is 0 Å². The van der Waals surface area contributed by atoms with Crippen LogP contribution in [0.5, 0.6) is 0 Å². The highest BCUT2D eigenvalue weighted by Gasteiger charge is 1.84. The lowest BCUT2D eigenvalue weighted by molar-refractivity contribution is -0.106. The van der Waals surface area contributed by atoms with Gasteiger partial charge in [-0.3, -0.25) is 4.79 Å². The van der Waals surface area contributed by atoms with Crippen molar-refractivity contribution in [3.63, 3.8) is 0 Å². The second kappa shape index (κ2) is 6.12. The number of hydrogen-bond acceptors (Lipinski definition) is 2. The molecule has 0 fully saturated rings. The molecule has 0 atom stereocenters. The highest BCUT2D eigenvalue weighted by atomic mass is 79.9. The maximum absolute atomic E-state index is 8.58. The van der Waals surface area contributed by atoms with Crippen molar-refractivity contribution in [1.29, 1.82) is 0 Å². The van der Waals surface area contributed by atoms with Crippen molar-refractivity contribution in [1.82, 2.24) is 4.98 Å². The van der Waals surface area contributed by atoms with Crippen molar-refractivity contribution in [2.45, 2.75) is 0 Å². The second-order valence-corrected chi connectivity index (χ2v) is 2.74. The van der Waals surface area contributed by atoms with Crippen LogP contribution in [0.15, 0.2) is 22.8 Å². The number of primary amides is 1. The average molecular weight is 237 g/mol. The summed E-state index contributed by atoms with van der Waals surface area (Å²) in [6, 6.07) is 3.57. The Balaban J connectivity index is 0.000000292. The number of carbonyl (C=O) groups excluding carboxylic acids is 1. The summed E-state index contributed by atoms with van der Waals surface area (Å²) in [5, 5.41) is 0.521. The Morgan fingerprint density at radius 1 is 1.64 bits per heavy atom. The van der Waals surface area contributed by atoms with Crippen LogP contribution in [0.1, 0.15) is 0 Å². The van der Waals surface area contributed by atoms with Crippen molar-refractivity contribution >= 4 is 33.9 Å². The lowest BCUT2D eigenvalue weighted by atomic mass is 10.5. The monoisotopic (exact) mass is 236 g/mol. The van der Waals surface area contributed by atoms with Crippen molar-refractivity contribution in [2.75, 3.05) is 0 Å². The molecule has 0 saturated heterocycles. The van der Waals surface area contributed by atoms with Gasteiger partial charge in [0.1, 0.15) is 5.15 Å². The first kappa shape index (κ1) is 10.4. The van der Waals surface area contributed by atoms with Gasteiger partial charge in [-0.2, -0.15) is 0 Å². The van der Waals surface area contributed by atoms with E-state index < -0.39 is 0 Å². The molecule has 1 amide bonds. The molecule has 0 aromatic carbocycles. The smallest absolute Gasteiger partial charge is 0.204 e. The highest BCUT2D eigenvalue weighted by Crippen LogP contribution is 2.09. The molecule has 1 heterocycles. The highest BCUT2D eigenvalue weighted by molar-refractivity contribution is 9.10. The predicted octanol–water partition coefficient (Wildman–Crippen LogP) is 1.60. The van der Waals surface area contributed by atoms with Gasteiger partial charge in [-0.05, 0) is 28.1 Å². The summed E-state index contributed by atoms with van der Waals surface area (Å²) < 4.78 is 0.946. The Bertz CT molecular complexity index is 193. The Kier molecular flexibility index (Phi) is 5.78. The molecule has 0 radical (unpaired) electrons. The maximum Gasteiger partial charge on any atom is 0.204 e. The molecule has 0 aliphatic carbocycles. The molecule has 0 aliphatic heterocycles. The molecule has 0 saturated carbocycles. The van der Waals surface area contributed by atoms with Gasteiger partial charge in [-0.1, -0.05) is 11.6 Å². The number of nitrogens with two attached hydrogens (primary N) is 1. The predicted molar refractivity (Wildman–Crippen MR) is 47.2 cm³/mol. The minimum Gasteiger partial charge on any atom is -0.372 e. The lowest BCUT2D eigenvalue weighted by Crippen LogP contribution is -1.82. The Morgan fingerprint density at radius 2 is 2.18 bits per heavy atom. The molecule has 2 N–H and O–H groups in total. The van der Waals surface area contributed by atoms with Crippen LogP contribution in [0.4, 0.5) is 0 Å². The number of rotatable bonds is 0. The van der Waals surface area contributed by atoms with E-state index in [0.29, 0.717) is 5.15 Å². The van der Waals surface area contributed by atoms with E-state index in [1.54, 1.807) is 12.3 Å². The van der Waals surface area contributed by atoms with Crippen LogP contribution in [0.2, 0.25) is 5.15 Å². The minimum absolute atomic E-state index is 0.250.